The van der Waals surface area contributed by atoms with Gasteiger partial charge in [-0.05, 0) is 37.8 Å². The van der Waals surface area contributed by atoms with Crippen LogP contribution in [0.5, 0.6) is 0 Å². The number of sulfone groups is 1. The summed E-state index contributed by atoms with van der Waals surface area (Å²) in [5.74, 6) is -3.58. The molecule has 1 N–H and O–H groups in total. The third-order valence-electron chi connectivity index (χ3n) is 3.32. The summed E-state index contributed by atoms with van der Waals surface area (Å²) in [7, 11) is -3.87. The quantitative estimate of drug-likeness (QED) is 0.644. The van der Waals surface area contributed by atoms with E-state index in [-0.39, 0.29) is 18.2 Å². The smallest absolute Gasteiger partial charge is 0.257 e. The second-order valence-corrected chi connectivity index (χ2v) is 7.60. The monoisotopic (exact) mass is 329 g/mol. The topological polar surface area (TPSA) is 63.2 Å². The van der Waals surface area contributed by atoms with Crippen LogP contribution in [-0.2, 0) is 9.84 Å². The van der Waals surface area contributed by atoms with E-state index in [1.807, 2.05) is 0 Å². The number of carbonyl (C=O) groups is 1. The summed E-state index contributed by atoms with van der Waals surface area (Å²) in [6.45, 7) is 5.26. The van der Waals surface area contributed by atoms with Crippen molar-refractivity contribution < 1.29 is 22.0 Å². The molecule has 1 amide bonds. The zero-order chi connectivity index (χ0) is 16.5. The van der Waals surface area contributed by atoms with Crippen LogP contribution < -0.4 is 5.32 Å². The van der Waals surface area contributed by atoms with Gasteiger partial charge in [0.15, 0.2) is 15.7 Å². The van der Waals surface area contributed by atoms with E-state index in [2.05, 4.69) is 11.9 Å². The first-order valence-electron chi connectivity index (χ1n) is 6.85. The van der Waals surface area contributed by atoms with Crippen molar-refractivity contribution in [2.75, 3.05) is 12.3 Å². The van der Waals surface area contributed by atoms with Crippen LogP contribution in [0.15, 0.2) is 29.2 Å². The van der Waals surface area contributed by atoms with E-state index in [1.165, 1.54) is 0 Å². The fourth-order valence-corrected chi connectivity index (χ4v) is 3.77. The second kappa shape index (κ2) is 6.16. The predicted molar refractivity (Wildman–Crippen MR) is 78.3 cm³/mol. The van der Waals surface area contributed by atoms with Gasteiger partial charge in [-0.15, -0.1) is 0 Å². The molecule has 1 aromatic carbocycles. The molecule has 1 aliphatic carbocycles. The molecule has 0 aliphatic heterocycles. The van der Waals surface area contributed by atoms with Crippen LogP contribution >= 0.6 is 0 Å². The highest BCUT2D eigenvalue weighted by Gasteiger charge is 2.32. The third-order valence-corrected chi connectivity index (χ3v) is 5.22. The Morgan fingerprint density at radius 3 is 2.55 bits per heavy atom. The Morgan fingerprint density at radius 1 is 1.36 bits per heavy atom. The maximum atomic E-state index is 14.4. The average Bonchev–Trinajstić information content (AvgIpc) is 3.19. The molecule has 2 rings (SSSR count). The predicted octanol–water partition coefficient (Wildman–Crippen LogP) is 2.45. The molecule has 0 saturated heterocycles. The minimum absolute atomic E-state index is 0.0233. The highest BCUT2D eigenvalue weighted by molar-refractivity contribution is 7.91. The molecule has 22 heavy (non-hydrogen) atoms. The maximum absolute atomic E-state index is 14.4. The minimum Gasteiger partial charge on any atom is -0.348 e. The molecule has 1 saturated carbocycles. The summed E-state index contributed by atoms with van der Waals surface area (Å²) >= 11 is 0. The molecular formula is C15H17F2NO3S. The van der Waals surface area contributed by atoms with E-state index < -0.39 is 37.8 Å². The number of rotatable bonds is 6. The molecule has 7 heteroatoms. The van der Waals surface area contributed by atoms with Gasteiger partial charge in [0.25, 0.3) is 5.91 Å². The van der Waals surface area contributed by atoms with Crippen LogP contribution in [0.3, 0.4) is 0 Å². The molecule has 120 valence electrons. The summed E-state index contributed by atoms with van der Waals surface area (Å²) < 4.78 is 52.4. The van der Waals surface area contributed by atoms with Crippen molar-refractivity contribution in [2.24, 2.45) is 5.92 Å². The Balaban J connectivity index is 2.36. The number of hydrogen-bond donors (Lipinski definition) is 1. The summed E-state index contributed by atoms with van der Waals surface area (Å²) in [5.41, 5.74) is -0.273. The first kappa shape index (κ1) is 16.6. The Labute approximate surface area is 128 Å². The van der Waals surface area contributed by atoms with Crippen molar-refractivity contribution in [3.05, 3.63) is 41.5 Å². The van der Waals surface area contributed by atoms with Crippen molar-refractivity contribution in [3.63, 3.8) is 0 Å². The van der Waals surface area contributed by atoms with Crippen LogP contribution in [-0.4, -0.2) is 26.6 Å². The van der Waals surface area contributed by atoms with Gasteiger partial charge in [-0.2, -0.15) is 0 Å². The fraction of sp³-hybridized carbons (Fsp3) is 0.400. The molecule has 0 spiro atoms. The Hall–Kier alpha value is -1.76. The molecule has 1 aliphatic rings. The number of halogens is 2. The van der Waals surface area contributed by atoms with Gasteiger partial charge in [-0.3, -0.25) is 4.79 Å². The Bertz CT molecular complexity index is 725. The van der Waals surface area contributed by atoms with Crippen LogP contribution in [0.1, 0.15) is 30.1 Å². The highest BCUT2D eigenvalue weighted by atomic mass is 32.2. The van der Waals surface area contributed by atoms with E-state index in [1.54, 1.807) is 6.92 Å². The average molecular weight is 329 g/mol. The van der Waals surface area contributed by atoms with Gasteiger partial charge in [0.1, 0.15) is 16.3 Å². The Kier molecular flexibility index (Phi) is 4.65. The summed E-state index contributed by atoms with van der Waals surface area (Å²) in [6.07, 6.45) is 1.57. The lowest BCUT2D eigenvalue weighted by Gasteiger charge is -2.11. The molecule has 0 unspecified atom stereocenters. The molecule has 0 heterocycles. The van der Waals surface area contributed by atoms with Crippen molar-refractivity contribution in [2.45, 2.75) is 24.7 Å². The number of nitrogens with one attached hydrogen (secondary N) is 1. The van der Waals surface area contributed by atoms with E-state index >= 15 is 0 Å². The van der Waals surface area contributed by atoms with Gasteiger partial charge < -0.3 is 5.32 Å². The lowest BCUT2D eigenvalue weighted by Crippen LogP contribution is -2.27. The minimum atomic E-state index is -3.87. The molecule has 0 aromatic heterocycles. The van der Waals surface area contributed by atoms with Gasteiger partial charge in [-0.25, -0.2) is 17.2 Å². The van der Waals surface area contributed by atoms with E-state index in [4.69, 9.17) is 0 Å². The van der Waals surface area contributed by atoms with Gasteiger partial charge in [-0.1, -0.05) is 12.2 Å². The number of benzene rings is 1. The zero-order valence-corrected chi connectivity index (χ0v) is 13.0. The van der Waals surface area contributed by atoms with Crippen LogP contribution in [0.4, 0.5) is 8.78 Å². The number of amides is 1. The number of hydrogen-bond acceptors (Lipinski definition) is 3. The second-order valence-electron chi connectivity index (χ2n) is 5.60. The van der Waals surface area contributed by atoms with Crippen LogP contribution in [0.2, 0.25) is 0 Å². The van der Waals surface area contributed by atoms with Gasteiger partial charge >= 0.3 is 0 Å². The molecule has 0 bridgehead atoms. The lowest BCUT2D eigenvalue weighted by molar-refractivity contribution is 0.0948. The summed E-state index contributed by atoms with van der Waals surface area (Å²) in [4.78, 5) is 11.3. The van der Waals surface area contributed by atoms with Gasteiger partial charge in [0, 0.05) is 6.54 Å². The third kappa shape index (κ3) is 3.71. The molecular weight excluding hydrogens is 312 g/mol. The lowest BCUT2D eigenvalue weighted by atomic mass is 10.2. The van der Waals surface area contributed by atoms with Crippen molar-refractivity contribution >= 4 is 15.7 Å². The van der Waals surface area contributed by atoms with Crippen molar-refractivity contribution in [1.29, 1.82) is 0 Å². The van der Waals surface area contributed by atoms with Crippen molar-refractivity contribution in [3.8, 4) is 0 Å². The maximum Gasteiger partial charge on any atom is 0.257 e. The molecule has 4 nitrogen and oxygen atoms in total. The first-order valence-corrected chi connectivity index (χ1v) is 8.51. The fourth-order valence-electron chi connectivity index (χ4n) is 1.99. The normalized spacial score (nSPS) is 14.7. The van der Waals surface area contributed by atoms with Crippen LogP contribution in [0.25, 0.3) is 0 Å². The molecule has 0 radical (unpaired) electrons. The molecule has 0 atom stereocenters. The standard InChI is InChI=1S/C15H17F2NO3S/c1-9(2)7-18-15(19)13-11(16)5-6-12(14(13)17)22(20,21)8-10-3-4-10/h5-6,10H,1,3-4,7-8H2,2H3,(H,18,19). The summed E-state index contributed by atoms with van der Waals surface area (Å²) in [5, 5.41) is 2.30. The first-order chi connectivity index (χ1) is 10.2. The van der Waals surface area contributed by atoms with E-state index in [9.17, 15) is 22.0 Å². The Morgan fingerprint density at radius 2 is 2.00 bits per heavy atom. The zero-order valence-electron chi connectivity index (χ0n) is 12.2. The van der Waals surface area contributed by atoms with E-state index in [0.717, 1.165) is 25.0 Å². The number of carbonyl (C=O) groups excluding carboxylic acids is 1. The SMILES string of the molecule is C=C(C)CNC(=O)c1c(F)ccc(S(=O)(=O)CC2CC2)c1F. The highest BCUT2D eigenvalue weighted by Crippen LogP contribution is 2.33. The largest absolute Gasteiger partial charge is 0.348 e. The molecule has 1 fully saturated rings. The van der Waals surface area contributed by atoms with E-state index in [0.29, 0.717) is 5.57 Å². The van der Waals surface area contributed by atoms with Gasteiger partial charge in [0.05, 0.1) is 5.75 Å². The van der Waals surface area contributed by atoms with Gasteiger partial charge in [0.2, 0.25) is 0 Å². The van der Waals surface area contributed by atoms with Crippen LogP contribution in [0, 0.1) is 17.6 Å². The van der Waals surface area contributed by atoms with Crippen molar-refractivity contribution in [1.82, 2.24) is 5.32 Å². The molecule has 1 aromatic rings. The summed E-state index contributed by atoms with van der Waals surface area (Å²) in [6, 6.07) is 1.68.